The van der Waals surface area contributed by atoms with Gasteiger partial charge in [-0.3, -0.25) is 15.0 Å². The van der Waals surface area contributed by atoms with Crippen molar-refractivity contribution in [3.05, 3.63) is 76.3 Å². The molecule has 2 amide bonds. The van der Waals surface area contributed by atoms with Crippen LogP contribution in [0.15, 0.2) is 54.6 Å². The monoisotopic (exact) mass is 454 g/mol. The zero-order valence-corrected chi connectivity index (χ0v) is 19.4. The highest BCUT2D eigenvalue weighted by atomic mass is 35.5. The molecule has 6 nitrogen and oxygen atoms in total. The molecule has 0 aliphatic carbocycles. The lowest BCUT2D eigenvalue weighted by molar-refractivity contribution is -0.155. The van der Waals surface area contributed by atoms with E-state index < -0.39 is 23.8 Å². The topological polar surface area (TPSA) is 75.7 Å². The number of hydrazine groups is 1. The first-order valence-electron chi connectivity index (χ1n) is 10.5. The van der Waals surface area contributed by atoms with Gasteiger partial charge in [-0.15, -0.1) is 0 Å². The summed E-state index contributed by atoms with van der Waals surface area (Å²) in [5.41, 5.74) is 5.47. The maximum atomic E-state index is 12.9. The molecule has 168 valence electrons. The van der Waals surface area contributed by atoms with Gasteiger partial charge in [0.05, 0.1) is 6.61 Å². The van der Waals surface area contributed by atoms with E-state index in [0.717, 1.165) is 16.1 Å². The highest BCUT2D eigenvalue weighted by molar-refractivity contribution is 6.30. The van der Waals surface area contributed by atoms with E-state index in [1.807, 2.05) is 12.1 Å². The van der Waals surface area contributed by atoms with Crippen molar-refractivity contribution < 1.29 is 19.1 Å². The number of carbonyl (C=O) groups excluding carboxylic acids is 3. The van der Waals surface area contributed by atoms with Crippen LogP contribution in [0, 0.1) is 0 Å². The molecule has 0 saturated carbocycles. The third kappa shape index (κ3) is 5.37. The number of amides is 2. The van der Waals surface area contributed by atoms with Gasteiger partial charge in [-0.05, 0) is 53.3 Å². The summed E-state index contributed by atoms with van der Waals surface area (Å²) in [7, 11) is 0. The molecule has 3 rings (SSSR count). The highest BCUT2D eigenvalue weighted by Gasteiger charge is 2.36. The number of nitrogens with one attached hydrogen (secondary N) is 1. The summed E-state index contributed by atoms with van der Waals surface area (Å²) in [6, 6.07) is 13.2. The lowest BCUT2D eigenvalue weighted by Crippen LogP contribution is -2.56. The Bertz CT molecular complexity index is 1040. The first-order valence-corrected chi connectivity index (χ1v) is 10.9. The Labute approximate surface area is 193 Å². The van der Waals surface area contributed by atoms with Crippen LogP contribution >= 0.6 is 11.6 Å². The van der Waals surface area contributed by atoms with Crippen LogP contribution in [-0.4, -0.2) is 35.4 Å². The average Bonchev–Trinajstić information content (AvgIpc) is 2.75. The predicted molar refractivity (Wildman–Crippen MR) is 124 cm³/mol. The van der Waals surface area contributed by atoms with Crippen LogP contribution in [0.1, 0.15) is 55.6 Å². The zero-order chi connectivity index (χ0) is 23.5. The minimum absolute atomic E-state index is 0.0459. The molecule has 1 aliphatic rings. The van der Waals surface area contributed by atoms with Crippen molar-refractivity contribution in [2.45, 2.75) is 45.6 Å². The first kappa shape index (κ1) is 23.5. The normalized spacial score (nSPS) is 16.4. The second-order valence-corrected chi connectivity index (χ2v) is 9.06. The van der Waals surface area contributed by atoms with Crippen molar-refractivity contribution in [3.8, 4) is 0 Å². The fourth-order valence-electron chi connectivity index (χ4n) is 3.45. The summed E-state index contributed by atoms with van der Waals surface area (Å²) >= 11 is 5.96. The second-order valence-electron chi connectivity index (χ2n) is 8.62. The smallest absolute Gasteiger partial charge is 0.331 e. The highest BCUT2D eigenvalue weighted by Crippen LogP contribution is 2.28. The Morgan fingerprint density at radius 2 is 1.72 bits per heavy atom. The summed E-state index contributed by atoms with van der Waals surface area (Å²) in [6.07, 6.45) is 1.62. The Morgan fingerprint density at radius 1 is 1.09 bits per heavy atom. The third-order valence-electron chi connectivity index (χ3n) is 5.27. The molecule has 0 saturated heterocycles. The summed E-state index contributed by atoms with van der Waals surface area (Å²) in [5.74, 6) is -1.56. The largest absolute Gasteiger partial charge is 0.464 e. The van der Waals surface area contributed by atoms with E-state index in [0.29, 0.717) is 16.2 Å². The Kier molecular flexibility index (Phi) is 7.04. The van der Waals surface area contributed by atoms with E-state index in [-0.39, 0.29) is 18.4 Å². The number of benzene rings is 2. The van der Waals surface area contributed by atoms with Crippen LogP contribution in [0.3, 0.4) is 0 Å². The van der Waals surface area contributed by atoms with Gasteiger partial charge in [-0.1, -0.05) is 56.6 Å². The van der Waals surface area contributed by atoms with E-state index in [4.69, 9.17) is 16.3 Å². The second kappa shape index (κ2) is 9.57. The molecule has 0 fully saturated rings. The molecule has 1 atom stereocenters. The van der Waals surface area contributed by atoms with Crippen molar-refractivity contribution in [1.29, 1.82) is 0 Å². The van der Waals surface area contributed by atoms with E-state index in [1.165, 1.54) is 6.08 Å². The minimum atomic E-state index is -0.976. The summed E-state index contributed by atoms with van der Waals surface area (Å²) < 4.78 is 5.17. The van der Waals surface area contributed by atoms with Crippen LogP contribution in [0.4, 0.5) is 0 Å². The number of hydrogen-bond acceptors (Lipinski definition) is 4. The number of carbonyl (C=O) groups is 3. The number of esters is 1. The van der Waals surface area contributed by atoms with E-state index >= 15 is 0 Å². The molecule has 2 aromatic carbocycles. The maximum absolute atomic E-state index is 12.9. The number of nitrogens with zero attached hydrogens (tertiary/aromatic N) is 1. The third-order valence-corrected chi connectivity index (χ3v) is 5.52. The minimum Gasteiger partial charge on any atom is -0.464 e. The van der Waals surface area contributed by atoms with Crippen LogP contribution < -0.4 is 5.43 Å². The quantitative estimate of drug-likeness (QED) is 0.673. The number of hydrogen-bond donors (Lipinski definition) is 1. The lowest BCUT2D eigenvalue weighted by Gasteiger charge is -2.33. The van der Waals surface area contributed by atoms with Crippen LogP contribution in [0.2, 0.25) is 5.02 Å². The molecule has 1 heterocycles. The molecule has 0 bridgehead atoms. The summed E-state index contributed by atoms with van der Waals surface area (Å²) in [6.45, 7) is 8.12. The van der Waals surface area contributed by atoms with Crippen molar-refractivity contribution in [2.24, 2.45) is 0 Å². The number of halogens is 1. The molecule has 2 aromatic rings. The van der Waals surface area contributed by atoms with Gasteiger partial charge in [0.2, 0.25) is 0 Å². The number of rotatable bonds is 5. The Morgan fingerprint density at radius 3 is 2.28 bits per heavy atom. The molecule has 0 aromatic heterocycles. The molecule has 32 heavy (non-hydrogen) atoms. The van der Waals surface area contributed by atoms with Crippen LogP contribution in [-0.2, 0) is 19.7 Å². The van der Waals surface area contributed by atoms with Gasteiger partial charge in [0, 0.05) is 23.1 Å². The van der Waals surface area contributed by atoms with Gasteiger partial charge in [-0.25, -0.2) is 9.80 Å². The van der Waals surface area contributed by atoms with Crippen molar-refractivity contribution in [3.63, 3.8) is 0 Å². The van der Waals surface area contributed by atoms with Crippen molar-refractivity contribution >= 4 is 35.0 Å². The molecule has 7 heteroatoms. The van der Waals surface area contributed by atoms with Gasteiger partial charge in [0.15, 0.2) is 6.04 Å². The van der Waals surface area contributed by atoms with Gasteiger partial charge in [-0.2, -0.15) is 0 Å². The Balaban J connectivity index is 1.85. The van der Waals surface area contributed by atoms with Gasteiger partial charge < -0.3 is 4.74 Å². The van der Waals surface area contributed by atoms with Crippen LogP contribution in [0.5, 0.6) is 0 Å². The SMILES string of the molecule is CCOC(=O)[C@H]1CC(c2ccc(Cl)cc2)=CC(=O)N1NC(=O)c1ccc(C(C)(C)C)cc1. The van der Waals surface area contributed by atoms with E-state index in [1.54, 1.807) is 43.3 Å². The van der Waals surface area contributed by atoms with Crippen LogP contribution in [0.25, 0.3) is 5.57 Å². The fraction of sp³-hybridized carbons (Fsp3) is 0.320. The van der Waals surface area contributed by atoms with Crippen molar-refractivity contribution in [1.82, 2.24) is 10.4 Å². The summed E-state index contributed by atoms with van der Waals surface area (Å²) in [5, 5.41) is 1.63. The van der Waals surface area contributed by atoms with E-state index in [9.17, 15) is 14.4 Å². The van der Waals surface area contributed by atoms with Crippen molar-refractivity contribution in [2.75, 3.05) is 6.61 Å². The maximum Gasteiger partial charge on any atom is 0.331 e. The lowest BCUT2D eigenvalue weighted by atomic mass is 9.87. The zero-order valence-electron chi connectivity index (χ0n) is 18.6. The molecule has 0 spiro atoms. The standard InChI is InChI=1S/C25H27ClN2O4/c1-5-32-24(31)21-14-18(16-8-12-20(26)13-9-16)15-22(29)28(21)27-23(30)17-6-10-19(11-7-17)25(2,3)4/h6-13,15,21H,5,14H2,1-4H3,(H,27,30)/t21-/m1/s1. The summed E-state index contributed by atoms with van der Waals surface area (Å²) in [4.78, 5) is 38.4. The molecule has 1 aliphatic heterocycles. The Hall–Kier alpha value is -3.12. The number of ether oxygens (including phenoxy) is 1. The van der Waals surface area contributed by atoms with Gasteiger partial charge >= 0.3 is 5.97 Å². The molecule has 1 N–H and O–H groups in total. The van der Waals surface area contributed by atoms with Gasteiger partial charge in [0.1, 0.15) is 0 Å². The molecule has 0 unspecified atom stereocenters. The molecular weight excluding hydrogens is 428 g/mol. The fourth-order valence-corrected chi connectivity index (χ4v) is 3.58. The van der Waals surface area contributed by atoms with Gasteiger partial charge in [0.25, 0.3) is 11.8 Å². The predicted octanol–water partition coefficient (Wildman–Crippen LogP) is 4.53. The first-order chi connectivity index (χ1) is 15.1. The average molecular weight is 455 g/mol. The van der Waals surface area contributed by atoms with E-state index in [2.05, 4.69) is 26.2 Å². The molecular formula is C25H27ClN2O4. The molecule has 0 radical (unpaired) electrons.